The Morgan fingerprint density at radius 3 is 2.52 bits per heavy atom. The van der Waals surface area contributed by atoms with Crippen molar-refractivity contribution < 1.29 is 4.79 Å². The molecule has 2 aromatic rings. The monoisotopic (exact) mass is 391 g/mol. The largest absolute Gasteiger partial charge is 0.351 e. The Hall–Kier alpha value is -2.08. The Labute approximate surface area is 161 Å². The fraction of sp³-hybridized carbons (Fsp3) is 0.111. The van der Waals surface area contributed by atoms with E-state index in [0.717, 1.165) is 5.56 Å². The summed E-state index contributed by atoms with van der Waals surface area (Å²) in [7, 11) is 0. The second-order valence-corrected chi connectivity index (χ2v) is 6.87. The number of carbonyl (C=O) groups excluding carboxylic acids is 1. The fourth-order valence-corrected chi connectivity index (χ4v) is 3.25. The number of benzene rings is 2. The Morgan fingerprint density at radius 1 is 1.12 bits per heavy atom. The molecule has 4 nitrogen and oxygen atoms in total. The molecule has 1 aliphatic rings. The first-order valence-corrected chi connectivity index (χ1v) is 8.71. The number of carbonyl (C=O) groups is 1. The molecule has 1 aliphatic heterocycles. The van der Waals surface area contributed by atoms with Crippen LogP contribution in [0.3, 0.4) is 0 Å². The first-order chi connectivity index (χ1) is 11.9. The molecule has 0 saturated carbocycles. The van der Waals surface area contributed by atoms with Gasteiger partial charge in [-0.1, -0.05) is 41.4 Å². The standard InChI is InChI=1S/C18H15Cl2N3OS/c1-10-15(17(24)22-14-4-2-3-13(20)9-14)16(23-18(25)21-10)11-5-7-12(19)8-6-11/h2-9,16H,1H3,(H,22,24)(H2,21,23,25)/t16-/m1/s1. The van der Waals surface area contributed by atoms with Crippen molar-refractivity contribution in [2.45, 2.75) is 13.0 Å². The topological polar surface area (TPSA) is 53.2 Å². The van der Waals surface area contributed by atoms with Gasteiger partial charge >= 0.3 is 0 Å². The first-order valence-electron chi connectivity index (χ1n) is 7.54. The lowest BCUT2D eigenvalue weighted by Crippen LogP contribution is -2.45. The lowest BCUT2D eigenvalue weighted by atomic mass is 9.95. The molecule has 1 atom stereocenters. The number of amides is 1. The van der Waals surface area contributed by atoms with Crippen LogP contribution >= 0.6 is 35.4 Å². The first kappa shape index (κ1) is 17.7. The number of hydrogen-bond acceptors (Lipinski definition) is 2. The molecule has 128 valence electrons. The molecule has 0 unspecified atom stereocenters. The van der Waals surface area contributed by atoms with Gasteiger partial charge in [0.2, 0.25) is 0 Å². The highest BCUT2D eigenvalue weighted by Crippen LogP contribution is 2.29. The van der Waals surface area contributed by atoms with E-state index in [9.17, 15) is 4.79 Å². The van der Waals surface area contributed by atoms with Gasteiger partial charge in [0.15, 0.2) is 5.11 Å². The third-order valence-electron chi connectivity index (χ3n) is 3.80. The van der Waals surface area contributed by atoms with Crippen LogP contribution in [0.5, 0.6) is 0 Å². The molecule has 1 amide bonds. The van der Waals surface area contributed by atoms with Crippen LogP contribution in [-0.4, -0.2) is 11.0 Å². The van der Waals surface area contributed by atoms with E-state index >= 15 is 0 Å². The SMILES string of the molecule is CC1=C(C(=O)Nc2cccc(Cl)c2)[C@@H](c2ccc(Cl)cc2)NC(=S)N1. The van der Waals surface area contributed by atoms with Gasteiger partial charge in [0.1, 0.15) is 0 Å². The summed E-state index contributed by atoms with van der Waals surface area (Å²) in [6.45, 7) is 1.82. The molecule has 3 rings (SSSR count). The van der Waals surface area contributed by atoms with E-state index in [1.54, 1.807) is 36.4 Å². The molecule has 7 heteroatoms. The van der Waals surface area contributed by atoms with Crippen molar-refractivity contribution in [3.8, 4) is 0 Å². The van der Waals surface area contributed by atoms with E-state index in [1.807, 2.05) is 19.1 Å². The quantitative estimate of drug-likeness (QED) is 0.677. The van der Waals surface area contributed by atoms with Crippen molar-refractivity contribution in [3.63, 3.8) is 0 Å². The summed E-state index contributed by atoms with van der Waals surface area (Å²) >= 11 is 17.2. The van der Waals surface area contributed by atoms with Gasteiger partial charge in [-0.05, 0) is 55.0 Å². The van der Waals surface area contributed by atoms with Gasteiger partial charge in [-0.25, -0.2) is 0 Å². The molecule has 0 aliphatic carbocycles. The van der Waals surface area contributed by atoms with Crippen molar-refractivity contribution in [1.29, 1.82) is 0 Å². The van der Waals surface area contributed by atoms with Crippen molar-refractivity contribution in [2.24, 2.45) is 0 Å². The van der Waals surface area contributed by atoms with E-state index in [2.05, 4.69) is 16.0 Å². The zero-order valence-corrected chi connectivity index (χ0v) is 15.6. The maximum atomic E-state index is 12.9. The van der Waals surface area contributed by atoms with Crippen molar-refractivity contribution in [2.75, 3.05) is 5.32 Å². The number of allylic oxidation sites excluding steroid dienone is 1. The number of anilines is 1. The summed E-state index contributed by atoms with van der Waals surface area (Å²) in [5.41, 5.74) is 2.77. The lowest BCUT2D eigenvalue weighted by molar-refractivity contribution is -0.113. The zero-order valence-electron chi connectivity index (χ0n) is 13.3. The van der Waals surface area contributed by atoms with Crippen molar-refractivity contribution in [3.05, 3.63) is 75.4 Å². The summed E-state index contributed by atoms with van der Waals surface area (Å²) in [5.74, 6) is -0.234. The van der Waals surface area contributed by atoms with Crippen molar-refractivity contribution >= 4 is 52.1 Å². The highest BCUT2D eigenvalue weighted by molar-refractivity contribution is 7.80. The zero-order chi connectivity index (χ0) is 18.0. The summed E-state index contributed by atoms with van der Waals surface area (Å²) < 4.78 is 0. The third-order valence-corrected chi connectivity index (χ3v) is 4.51. The van der Waals surface area contributed by atoms with Gasteiger partial charge in [-0.15, -0.1) is 0 Å². The molecule has 25 heavy (non-hydrogen) atoms. The Balaban J connectivity index is 1.94. The van der Waals surface area contributed by atoms with Crippen LogP contribution in [0, 0.1) is 0 Å². The van der Waals surface area contributed by atoms with E-state index in [4.69, 9.17) is 35.4 Å². The Morgan fingerprint density at radius 2 is 1.84 bits per heavy atom. The summed E-state index contributed by atoms with van der Waals surface area (Å²) in [6.07, 6.45) is 0. The molecule has 0 radical (unpaired) electrons. The third kappa shape index (κ3) is 4.12. The van der Waals surface area contributed by atoms with E-state index < -0.39 is 0 Å². The average molecular weight is 392 g/mol. The van der Waals surface area contributed by atoms with Crippen LogP contribution in [0.25, 0.3) is 0 Å². The lowest BCUT2D eigenvalue weighted by Gasteiger charge is -2.30. The average Bonchev–Trinajstić information content (AvgIpc) is 2.54. The van der Waals surface area contributed by atoms with E-state index in [-0.39, 0.29) is 11.9 Å². The number of thiocarbonyl (C=S) groups is 1. The highest BCUT2D eigenvalue weighted by atomic mass is 35.5. The number of halogens is 2. The van der Waals surface area contributed by atoms with Crippen LogP contribution in [0.2, 0.25) is 10.0 Å². The van der Waals surface area contributed by atoms with Crippen LogP contribution < -0.4 is 16.0 Å². The molecule has 0 spiro atoms. The van der Waals surface area contributed by atoms with Crippen LogP contribution in [-0.2, 0) is 4.79 Å². The number of nitrogens with one attached hydrogen (secondary N) is 3. The molecule has 0 bridgehead atoms. The fourth-order valence-electron chi connectivity index (χ4n) is 2.66. The van der Waals surface area contributed by atoms with E-state index in [0.29, 0.717) is 32.1 Å². The van der Waals surface area contributed by atoms with Gasteiger partial charge in [-0.3, -0.25) is 4.79 Å². The normalized spacial score (nSPS) is 16.9. The predicted molar refractivity (Wildman–Crippen MR) is 106 cm³/mol. The molecular formula is C18H15Cl2N3OS. The molecular weight excluding hydrogens is 377 g/mol. The summed E-state index contributed by atoms with van der Waals surface area (Å²) in [4.78, 5) is 12.9. The van der Waals surface area contributed by atoms with Gasteiger partial charge in [0.05, 0.1) is 11.6 Å². The molecule has 0 aromatic heterocycles. The molecule has 0 fully saturated rings. The molecule has 1 heterocycles. The Kier molecular flexibility index (Phi) is 5.27. The number of hydrogen-bond donors (Lipinski definition) is 3. The summed E-state index contributed by atoms with van der Waals surface area (Å²) in [6, 6.07) is 13.9. The maximum absolute atomic E-state index is 12.9. The Bertz CT molecular complexity index is 865. The van der Waals surface area contributed by atoms with Crippen LogP contribution in [0.1, 0.15) is 18.5 Å². The maximum Gasteiger partial charge on any atom is 0.255 e. The summed E-state index contributed by atoms with van der Waals surface area (Å²) in [5, 5.41) is 10.7. The van der Waals surface area contributed by atoms with Crippen LogP contribution in [0.15, 0.2) is 59.8 Å². The minimum Gasteiger partial charge on any atom is -0.351 e. The van der Waals surface area contributed by atoms with E-state index in [1.165, 1.54) is 0 Å². The van der Waals surface area contributed by atoms with Gasteiger partial charge in [0, 0.05) is 21.4 Å². The molecule has 2 aromatic carbocycles. The van der Waals surface area contributed by atoms with Gasteiger partial charge in [0.25, 0.3) is 5.91 Å². The number of rotatable bonds is 3. The predicted octanol–water partition coefficient (Wildman–Crippen LogP) is 4.42. The second kappa shape index (κ2) is 7.44. The molecule has 0 saturated heterocycles. The molecule has 3 N–H and O–H groups in total. The smallest absolute Gasteiger partial charge is 0.255 e. The van der Waals surface area contributed by atoms with Gasteiger partial charge < -0.3 is 16.0 Å². The minimum absolute atomic E-state index is 0.234. The van der Waals surface area contributed by atoms with Crippen molar-refractivity contribution in [1.82, 2.24) is 10.6 Å². The minimum atomic E-state index is -0.370. The highest BCUT2D eigenvalue weighted by Gasteiger charge is 2.29. The second-order valence-electron chi connectivity index (χ2n) is 5.59. The van der Waals surface area contributed by atoms with Crippen LogP contribution in [0.4, 0.5) is 5.69 Å². The van der Waals surface area contributed by atoms with Gasteiger partial charge in [-0.2, -0.15) is 0 Å².